The van der Waals surface area contributed by atoms with Gasteiger partial charge in [-0.3, -0.25) is 0 Å². The molecule has 0 fully saturated rings. The van der Waals surface area contributed by atoms with Crippen LogP contribution in [0, 0.1) is 0 Å². The van der Waals surface area contributed by atoms with Crippen molar-refractivity contribution < 1.29 is 0 Å². The molecule has 98 valence electrons. The number of aromatic nitrogens is 1. The summed E-state index contributed by atoms with van der Waals surface area (Å²) in [6.45, 7) is 0. The van der Waals surface area contributed by atoms with Gasteiger partial charge in [0.1, 0.15) is 0 Å². The van der Waals surface area contributed by atoms with Gasteiger partial charge in [-0.05, 0) is 0 Å². The fourth-order valence-corrected chi connectivity index (χ4v) is 3.80. The number of rotatable bonds is 4. The molecule has 3 rings (SSSR count). The zero-order valence-corrected chi connectivity index (χ0v) is 12.6. The predicted molar refractivity (Wildman–Crippen MR) is 85.4 cm³/mol. The van der Waals surface area contributed by atoms with Crippen molar-refractivity contribution in [3.63, 3.8) is 0 Å². The van der Waals surface area contributed by atoms with E-state index >= 15 is 0 Å². The van der Waals surface area contributed by atoms with E-state index in [0.29, 0.717) is 15.0 Å². The molecule has 1 aromatic heterocycles. The van der Waals surface area contributed by atoms with E-state index in [1.165, 1.54) is 8.92 Å². The molecule has 0 radical (unpaired) electrons. The monoisotopic (exact) mass is 326 g/mol. The van der Waals surface area contributed by atoms with Crippen LogP contribution in [-0.2, 0) is 0 Å². The first-order valence-electron chi connectivity index (χ1n) is 6.41. The number of benzene rings is 2. The summed E-state index contributed by atoms with van der Waals surface area (Å²) < 4.78 is 2.72. The van der Waals surface area contributed by atoms with Crippen LogP contribution in [-0.4, -0.2) is 19.9 Å². The molecule has 3 heteroatoms. The fraction of sp³-hybridized carbons (Fsp3) is 0. The van der Waals surface area contributed by atoms with Gasteiger partial charge in [0, 0.05) is 0 Å². The van der Waals surface area contributed by atoms with Crippen LogP contribution in [0.2, 0.25) is 0 Å². The molecule has 2 aromatic carbocycles. The molecule has 0 aliphatic carbocycles. The van der Waals surface area contributed by atoms with Gasteiger partial charge < -0.3 is 0 Å². The molecule has 0 atom stereocenters. The molecule has 0 saturated heterocycles. The minimum atomic E-state index is 0.299. The molecule has 0 amide bonds. The topological polar surface area (TPSA) is 24.9 Å². The van der Waals surface area contributed by atoms with E-state index in [-0.39, 0.29) is 0 Å². The molecule has 20 heavy (non-hydrogen) atoms. The van der Waals surface area contributed by atoms with Crippen LogP contribution in [0.1, 0.15) is 0 Å². The first-order valence-corrected chi connectivity index (χ1v) is 8.12. The van der Waals surface area contributed by atoms with Crippen molar-refractivity contribution in [2.24, 2.45) is 0 Å². The van der Waals surface area contributed by atoms with E-state index in [4.69, 9.17) is 0 Å². The summed E-state index contributed by atoms with van der Waals surface area (Å²) in [4.78, 5) is 4.14. The molecule has 0 unspecified atom stereocenters. The van der Waals surface area contributed by atoms with Gasteiger partial charge in [-0.2, -0.15) is 0 Å². The third-order valence-corrected chi connectivity index (χ3v) is 5.07. The Balaban J connectivity index is 1.85. The molecule has 0 aliphatic rings. The van der Waals surface area contributed by atoms with E-state index in [1.807, 2.05) is 18.3 Å². The van der Waals surface area contributed by atoms with Gasteiger partial charge >= 0.3 is 125 Å². The summed E-state index contributed by atoms with van der Waals surface area (Å²) in [5.74, 6) is 0. The van der Waals surface area contributed by atoms with Crippen LogP contribution in [0.15, 0.2) is 79.1 Å². The molecule has 0 bridgehead atoms. The summed E-state index contributed by atoms with van der Waals surface area (Å²) in [5, 5.41) is 3.45. The summed E-state index contributed by atoms with van der Waals surface area (Å²) in [7, 11) is 0. The molecule has 2 nitrogen and oxygen atoms in total. The van der Waals surface area contributed by atoms with Gasteiger partial charge in [0.05, 0.1) is 0 Å². The van der Waals surface area contributed by atoms with E-state index in [0.717, 1.165) is 11.4 Å². The number of pyridine rings is 1. The van der Waals surface area contributed by atoms with Crippen molar-refractivity contribution in [1.29, 1.82) is 0 Å². The van der Waals surface area contributed by atoms with Crippen LogP contribution < -0.4 is 14.2 Å². The Morgan fingerprint density at radius 2 is 1.60 bits per heavy atom. The van der Waals surface area contributed by atoms with E-state index < -0.39 is 0 Å². The summed E-state index contributed by atoms with van der Waals surface area (Å²) in [6.07, 6.45) is 3.62. The van der Waals surface area contributed by atoms with E-state index in [9.17, 15) is 0 Å². The third-order valence-electron chi connectivity index (χ3n) is 2.80. The number of hydrogen-bond acceptors (Lipinski definition) is 2. The Bertz CT molecular complexity index is 608. The molecule has 0 spiro atoms. The quantitative estimate of drug-likeness (QED) is 0.746. The SMILES string of the molecule is c1ccc([Se]c2ccccc2Nc2cccnc2)cc1. The van der Waals surface area contributed by atoms with Crippen molar-refractivity contribution in [2.45, 2.75) is 0 Å². The second-order valence-corrected chi connectivity index (χ2v) is 6.62. The van der Waals surface area contributed by atoms with Crippen LogP contribution in [0.5, 0.6) is 0 Å². The second-order valence-electron chi connectivity index (χ2n) is 4.28. The van der Waals surface area contributed by atoms with E-state index in [1.54, 1.807) is 6.20 Å². The molecule has 3 aromatic rings. The Morgan fingerprint density at radius 1 is 0.800 bits per heavy atom. The van der Waals surface area contributed by atoms with Crippen molar-refractivity contribution in [3.8, 4) is 0 Å². The molecule has 1 N–H and O–H groups in total. The van der Waals surface area contributed by atoms with Crippen LogP contribution in [0.4, 0.5) is 11.4 Å². The van der Waals surface area contributed by atoms with Crippen molar-refractivity contribution in [2.75, 3.05) is 5.32 Å². The third kappa shape index (κ3) is 3.27. The number of nitrogens with one attached hydrogen (secondary N) is 1. The predicted octanol–water partition coefficient (Wildman–Crippen LogP) is 2.48. The average Bonchev–Trinajstić information content (AvgIpc) is 2.51. The Kier molecular flexibility index (Phi) is 4.12. The zero-order valence-electron chi connectivity index (χ0n) is 10.9. The second kappa shape index (κ2) is 6.38. The summed E-state index contributed by atoms with van der Waals surface area (Å²) in [5.41, 5.74) is 2.17. The van der Waals surface area contributed by atoms with Crippen LogP contribution >= 0.6 is 0 Å². The fourth-order valence-electron chi connectivity index (χ4n) is 1.87. The normalized spacial score (nSPS) is 10.2. The maximum absolute atomic E-state index is 4.14. The molecule has 0 aliphatic heterocycles. The van der Waals surface area contributed by atoms with Crippen LogP contribution in [0.25, 0.3) is 0 Å². The van der Waals surface area contributed by atoms with Crippen molar-refractivity contribution in [1.82, 2.24) is 4.98 Å². The summed E-state index contributed by atoms with van der Waals surface area (Å²) >= 11 is 0.299. The minimum absolute atomic E-state index is 0.299. The number of hydrogen-bond donors (Lipinski definition) is 1. The Labute approximate surface area is 125 Å². The van der Waals surface area contributed by atoms with E-state index in [2.05, 4.69) is 64.9 Å². The average molecular weight is 325 g/mol. The van der Waals surface area contributed by atoms with Gasteiger partial charge in [0.15, 0.2) is 0 Å². The first-order chi connectivity index (χ1) is 9.92. The molecular weight excluding hydrogens is 311 g/mol. The van der Waals surface area contributed by atoms with Gasteiger partial charge in [0.2, 0.25) is 0 Å². The Hall–Kier alpha value is -2.09. The molecule has 0 saturated carbocycles. The van der Waals surface area contributed by atoms with Gasteiger partial charge in [-0.1, -0.05) is 0 Å². The van der Waals surface area contributed by atoms with Gasteiger partial charge in [0.25, 0.3) is 0 Å². The Morgan fingerprint density at radius 3 is 2.40 bits per heavy atom. The van der Waals surface area contributed by atoms with Gasteiger partial charge in [-0.15, -0.1) is 0 Å². The van der Waals surface area contributed by atoms with Gasteiger partial charge in [-0.25, -0.2) is 0 Å². The summed E-state index contributed by atoms with van der Waals surface area (Å²) in [6, 6.07) is 23.0. The zero-order chi connectivity index (χ0) is 13.6. The number of nitrogens with zero attached hydrogens (tertiary/aromatic N) is 1. The van der Waals surface area contributed by atoms with Crippen LogP contribution in [0.3, 0.4) is 0 Å². The molecular formula is C17H14N2Se. The maximum atomic E-state index is 4.14. The van der Waals surface area contributed by atoms with Crippen molar-refractivity contribution >= 4 is 35.3 Å². The van der Waals surface area contributed by atoms with Crippen molar-refractivity contribution in [3.05, 3.63) is 79.1 Å². The number of para-hydroxylation sites is 1. The molecule has 1 heterocycles. The standard InChI is InChI=1S/C17H14N2Se/c1-2-8-15(9-3-1)20-17-11-5-4-10-16(17)19-14-7-6-12-18-13-14/h1-13,19H. The first kappa shape index (κ1) is 12.9. The number of anilines is 2.